The van der Waals surface area contributed by atoms with Gasteiger partial charge in [0.1, 0.15) is 5.75 Å². The topological polar surface area (TPSA) is 92.9 Å². The van der Waals surface area contributed by atoms with Gasteiger partial charge in [0.2, 0.25) is 11.1 Å². The van der Waals surface area contributed by atoms with Crippen molar-refractivity contribution in [1.82, 2.24) is 25.5 Å². The number of thioether (sulfide) groups is 1. The highest BCUT2D eigenvalue weighted by Crippen LogP contribution is 2.30. The average Bonchev–Trinajstić information content (AvgIpc) is 3.07. The zero-order valence-electron chi connectivity index (χ0n) is 15.3. The molecular weight excluding hydrogens is 350 g/mol. The van der Waals surface area contributed by atoms with Crippen molar-refractivity contribution in [2.75, 3.05) is 0 Å². The SMILES string of the molecule is C[C@@H]1[C@@H](C)CCC[C@H]1NC(=O)[C@@H](C)Sc1nnnn1-c1ccc(O)cc1. The van der Waals surface area contributed by atoms with E-state index in [9.17, 15) is 9.90 Å². The highest BCUT2D eigenvalue weighted by Gasteiger charge is 2.30. The second kappa shape index (κ2) is 8.07. The molecule has 0 unspecified atom stereocenters. The molecule has 2 N–H and O–H groups in total. The van der Waals surface area contributed by atoms with E-state index in [2.05, 4.69) is 34.7 Å². The van der Waals surface area contributed by atoms with Gasteiger partial charge in [-0.1, -0.05) is 38.5 Å². The third-order valence-corrected chi connectivity index (χ3v) is 6.25. The van der Waals surface area contributed by atoms with Crippen molar-refractivity contribution in [1.29, 1.82) is 0 Å². The lowest BCUT2D eigenvalue weighted by atomic mass is 9.78. The molecule has 1 saturated carbocycles. The number of nitrogens with zero attached hydrogens (tertiary/aromatic N) is 4. The van der Waals surface area contributed by atoms with Gasteiger partial charge >= 0.3 is 0 Å². The van der Waals surface area contributed by atoms with E-state index in [-0.39, 0.29) is 22.9 Å². The van der Waals surface area contributed by atoms with Gasteiger partial charge in [-0.3, -0.25) is 4.79 Å². The Hall–Kier alpha value is -2.09. The van der Waals surface area contributed by atoms with Gasteiger partial charge in [-0.25, -0.2) is 0 Å². The molecule has 1 heterocycles. The Labute approximate surface area is 157 Å². The second-order valence-corrected chi connectivity index (χ2v) is 8.34. The monoisotopic (exact) mass is 375 g/mol. The van der Waals surface area contributed by atoms with Crippen LogP contribution >= 0.6 is 11.8 Å². The Kier molecular flexibility index (Phi) is 5.80. The molecule has 4 atom stereocenters. The van der Waals surface area contributed by atoms with Gasteiger partial charge in [0.25, 0.3) is 0 Å². The van der Waals surface area contributed by atoms with Crippen LogP contribution in [0.4, 0.5) is 0 Å². The predicted molar refractivity (Wildman–Crippen MR) is 100 cm³/mol. The molecule has 1 aromatic carbocycles. The maximum absolute atomic E-state index is 12.6. The van der Waals surface area contributed by atoms with Crippen LogP contribution in [-0.2, 0) is 4.79 Å². The van der Waals surface area contributed by atoms with Crippen molar-refractivity contribution in [2.24, 2.45) is 11.8 Å². The van der Waals surface area contributed by atoms with Crippen LogP contribution < -0.4 is 5.32 Å². The fourth-order valence-electron chi connectivity index (χ4n) is 3.31. The lowest BCUT2D eigenvalue weighted by Gasteiger charge is -2.35. The first-order valence-electron chi connectivity index (χ1n) is 9.00. The molecule has 7 nitrogen and oxygen atoms in total. The third kappa shape index (κ3) is 4.17. The van der Waals surface area contributed by atoms with Crippen LogP contribution in [-0.4, -0.2) is 42.5 Å². The minimum atomic E-state index is -0.304. The standard InChI is InChI=1S/C18H25N5O2S/c1-11-5-4-6-16(12(11)2)19-17(25)13(3)26-18-20-21-22-23(18)14-7-9-15(24)10-8-14/h7-13,16,24H,4-6H2,1-3H3,(H,19,25)/t11-,12+,13+,16+/m0/s1. The van der Waals surface area contributed by atoms with Gasteiger partial charge in [-0.2, -0.15) is 4.68 Å². The van der Waals surface area contributed by atoms with Gasteiger partial charge in [0, 0.05) is 6.04 Å². The molecule has 1 fully saturated rings. The van der Waals surface area contributed by atoms with Crippen molar-refractivity contribution in [2.45, 2.75) is 56.5 Å². The molecule has 140 valence electrons. The van der Waals surface area contributed by atoms with E-state index in [1.165, 1.54) is 18.2 Å². The van der Waals surface area contributed by atoms with Gasteiger partial charge in [0.05, 0.1) is 10.9 Å². The van der Waals surface area contributed by atoms with Crippen LogP contribution in [0.25, 0.3) is 5.69 Å². The molecule has 0 aliphatic heterocycles. The number of aromatic hydroxyl groups is 1. The summed E-state index contributed by atoms with van der Waals surface area (Å²) in [5.74, 6) is 1.33. The van der Waals surface area contributed by atoms with E-state index in [1.807, 2.05) is 6.92 Å². The second-order valence-electron chi connectivity index (χ2n) is 7.03. The van der Waals surface area contributed by atoms with Crippen molar-refractivity contribution >= 4 is 17.7 Å². The number of hydrogen-bond acceptors (Lipinski definition) is 6. The molecule has 8 heteroatoms. The molecular formula is C18H25N5O2S. The number of aromatic nitrogens is 4. The van der Waals surface area contributed by atoms with E-state index in [0.29, 0.717) is 17.0 Å². The Morgan fingerprint density at radius 3 is 2.77 bits per heavy atom. The molecule has 0 spiro atoms. The molecule has 3 rings (SSSR count). The van der Waals surface area contributed by atoms with Crippen LogP contribution in [0.5, 0.6) is 5.75 Å². The molecule has 2 aromatic rings. The maximum Gasteiger partial charge on any atom is 0.233 e. The van der Waals surface area contributed by atoms with Crippen LogP contribution in [0.1, 0.15) is 40.0 Å². The molecule has 1 aliphatic carbocycles. The summed E-state index contributed by atoms with van der Waals surface area (Å²) >= 11 is 1.33. The summed E-state index contributed by atoms with van der Waals surface area (Å²) in [5.41, 5.74) is 0.734. The third-order valence-electron chi connectivity index (χ3n) is 5.22. The first-order chi connectivity index (χ1) is 12.5. The number of tetrazole rings is 1. The van der Waals surface area contributed by atoms with Crippen LogP contribution in [0.15, 0.2) is 29.4 Å². The molecule has 0 radical (unpaired) electrons. The highest BCUT2D eigenvalue weighted by molar-refractivity contribution is 8.00. The van der Waals surface area contributed by atoms with Crippen molar-refractivity contribution in [3.8, 4) is 11.4 Å². The summed E-state index contributed by atoms with van der Waals surface area (Å²) in [4.78, 5) is 12.6. The summed E-state index contributed by atoms with van der Waals surface area (Å²) < 4.78 is 1.57. The fraction of sp³-hybridized carbons (Fsp3) is 0.556. The van der Waals surface area contributed by atoms with Gasteiger partial charge in [-0.15, -0.1) is 5.10 Å². The zero-order valence-corrected chi connectivity index (χ0v) is 16.1. The summed E-state index contributed by atoms with van der Waals surface area (Å²) in [7, 11) is 0. The number of phenols is 1. The van der Waals surface area contributed by atoms with Crippen LogP contribution in [0, 0.1) is 11.8 Å². The molecule has 26 heavy (non-hydrogen) atoms. The van der Waals surface area contributed by atoms with Gasteiger partial charge in [0.15, 0.2) is 0 Å². The number of phenolic OH excluding ortho intramolecular Hbond substituents is 1. The number of carbonyl (C=O) groups is 1. The van der Waals surface area contributed by atoms with E-state index in [4.69, 9.17) is 0 Å². The number of amides is 1. The molecule has 1 amide bonds. The quantitative estimate of drug-likeness (QED) is 0.781. The zero-order chi connectivity index (χ0) is 18.7. The Bertz CT molecular complexity index is 748. The lowest BCUT2D eigenvalue weighted by molar-refractivity contribution is -0.121. The first-order valence-corrected chi connectivity index (χ1v) is 9.88. The first kappa shape index (κ1) is 18.7. The summed E-state index contributed by atoms with van der Waals surface area (Å²) in [6.45, 7) is 6.34. The molecule has 1 aromatic heterocycles. The number of nitrogens with one attached hydrogen (secondary N) is 1. The molecule has 0 saturated heterocycles. The number of hydrogen-bond donors (Lipinski definition) is 2. The predicted octanol–water partition coefficient (Wildman–Crippen LogP) is 2.79. The summed E-state index contributed by atoms with van der Waals surface area (Å²) in [6, 6.07) is 6.85. The summed E-state index contributed by atoms with van der Waals surface area (Å²) in [5, 5.41) is 24.6. The van der Waals surface area contributed by atoms with Crippen molar-refractivity contribution in [3.63, 3.8) is 0 Å². The molecule has 1 aliphatic rings. The molecule has 0 bridgehead atoms. The Balaban J connectivity index is 1.65. The minimum Gasteiger partial charge on any atom is -0.508 e. The summed E-state index contributed by atoms with van der Waals surface area (Å²) in [6.07, 6.45) is 3.44. The maximum atomic E-state index is 12.6. The van der Waals surface area contributed by atoms with Crippen LogP contribution in [0.2, 0.25) is 0 Å². The van der Waals surface area contributed by atoms with E-state index >= 15 is 0 Å². The van der Waals surface area contributed by atoms with Gasteiger partial charge < -0.3 is 10.4 Å². The largest absolute Gasteiger partial charge is 0.508 e. The van der Waals surface area contributed by atoms with Crippen molar-refractivity contribution in [3.05, 3.63) is 24.3 Å². The average molecular weight is 375 g/mol. The normalized spacial score (nSPS) is 24.2. The number of benzene rings is 1. The fourth-order valence-corrected chi connectivity index (χ4v) is 4.12. The van der Waals surface area contributed by atoms with Gasteiger partial charge in [-0.05, 0) is 59.9 Å². The highest BCUT2D eigenvalue weighted by atomic mass is 32.2. The number of rotatable bonds is 5. The Morgan fingerprint density at radius 2 is 2.04 bits per heavy atom. The smallest absolute Gasteiger partial charge is 0.233 e. The van der Waals surface area contributed by atoms with Crippen LogP contribution in [0.3, 0.4) is 0 Å². The Morgan fingerprint density at radius 1 is 1.31 bits per heavy atom. The number of carbonyl (C=O) groups excluding carboxylic acids is 1. The van der Waals surface area contributed by atoms with E-state index < -0.39 is 0 Å². The minimum absolute atomic E-state index is 0.0150. The lowest BCUT2D eigenvalue weighted by Crippen LogP contribution is -2.46. The van der Waals surface area contributed by atoms with Crippen molar-refractivity contribution < 1.29 is 9.90 Å². The van der Waals surface area contributed by atoms with E-state index in [1.54, 1.807) is 28.9 Å². The van der Waals surface area contributed by atoms with E-state index in [0.717, 1.165) is 18.5 Å².